The molecule has 0 aliphatic carbocycles. The highest BCUT2D eigenvalue weighted by Gasteiger charge is 2.30. The van der Waals surface area contributed by atoms with E-state index >= 15 is 0 Å². The molecule has 6 nitrogen and oxygen atoms in total. The summed E-state index contributed by atoms with van der Waals surface area (Å²) >= 11 is 5.81. The maximum absolute atomic E-state index is 12.3. The molecule has 1 unspecified atom stereocenters. The summed E-state index contributed by atoms with van der Waals surface area (Å²) in [6.07, 6.45) is -1.10. The zero-order chi connectivity index (χ0) is 16.1. The Labute approximate surface area is 130 Å². The second-order valence-corrected chi connectivity index (χ2v) is 8.25. The van der Waals surface area contributed by atoms with Crippen LogP contribution >= 0.6 is 19.2 Å². The zero-order valence-corrected chi connectivity index (χ0v) is 14.5. The third-order valence-corrected chi connectivity index (χ3v) is 5.95. The van der Waals surface area contributed by atoms with E-state index in [1.165, 1.54) is 18.2 Å². The van der Waals surface area contributed by atoms with Gasteiger partial charge in [0.1, 0.15) is 4.90 Å². The quantitative estimate of drug-likeness (QED) is 0.522. The second kappa shape index (κ2) is 7.72. The lowest BCUT2D eigenvalue weighted by atomic mass is 10.4. The van der Waals surface area contributed by atoms with E-state index in [2.05, 4.69) is 0 Å². The summed E-state index contributed by atoms with van der Waals surface area (Å²) in [5.41, 5.74) is 0. The first kappa shape index (κ1) is 18.6. The van der Waals surface area contributed by atoms with Crippen LogP contribution < -0.4 is 0 Å². The van der Waals surface area contributed by atoms with E-state index in [1.54, 1.807) is 26.8 Å². The van der Waals surface area contributed by atoms with Gasteiger partial charge in [-0.2, -0.15) is 8.42 Å². The number of hydrogen-bond acceptors (Lipinski definition) is 6. The average molecular weight is 357 g/mol. The van der Waals surface area contributed by atoms with Crippen LogP contribution in [0.1, 0.15) is 20.8 Å². The summed E-state index contributed by atoms with van der Waals surface area (Å²) in [7, 11) is -7.79. The van der Waals surface area contributed by atoms with Crippen molar-refractivity contribution in [2.24, 2.45) is 0 Å². The van der Waals surface area contributed by atoms with Gasteiger partial charge in [0.25, 0.3) is 10.1 Å². The van der Waals surface area contributed by atoms with Crippen LogP contribution in [-0.4, -0.2) is 27.5 Å². The van der Waals surface area contributed by atoms with Gasteiger partial charge in [-0.25, -0.2) is 0 Å². The highest BCUT2D eigenvalue weighted by Crippen LogP contribution is 2.49. The molecule has 0 saturated carbocycles. The standard InChI is InChI=1S/C12H18ClO6PS/c1-4-17-20(14,19-10(2)3)9-18-21(15,16)12-8-6-5-7-11(12)13/h5-8,10H,4,9H2,1-3H3. The molecule has 0 spiro atoms. The predicted octanol–water partition coefficient (Wildman–Crippen LogP) is 3.66. The van der Waals surface area contributed by atoms with Crippen molar-refractivity contribution in [3.05, 3.63) is 29.3 Å². The topological polar surface area (TPSA) is 78.9 Å². The predicted molar refractivity (Wildman–Crippen MR) is 80.0 cm³/mol. The van der Waals surface area contributed by atoms with Crippen molar-refractivity contribution < 1.29 is 26.2 Å². The van der Waals surface area contributed by atoms with Crippen LogP contribution in [0.3, 0.4) is 0 Å². The molecule has 0 bridgehead atoms. The van der Waals surface area contributed by atoms with Crippen molar-refractivity contribution in [3.63, 3.8) is 0 Å². The highest BCUT2D eigenvalue weighted by molar-refractivity contribution is 7.87. The minimum absolute atomic E-state index is 0.0218. The Bertz CT molecular complexity index is 616. The second-order valence-electron chi connectivity index (χ2n) is 4.31. The van der Waals surface area contributed by atoms with Crippen molar-refractivity contribution >= 4 is 29.3 Å². The Morgan fingerprint density at radius 2 is 1.90 bits per heavy atom. The monoisotopic (exact) mass is 356 g/mol. The van der Waals surface area contributed by atoms with E-state index in [9.17, 15) is 13.0 Å². The van der Waals surface area contributed by atoms with E-state index in [4.69, 9.17) is 24.8 Å². The summed E-state index contributed by atoms with van der Waals surface area (Å²) in [4.78, 5) is -0.195. The molecule has 0 heterocycles. The first-order valence-corrected chi connectivity index (χ1v) is 9.77. The van der Waals surface area contributed by atoms with Gasteiger partial charge >= 0.3 is 7.60 Å². The Morgan fingerprint density at radius 1 is 1.29 bits per heavy atom. The maximum atomic E-state index is 12.3. The molecule has 1 rings (SSSR count). The molecule has 1 atom stereocenters. The molecule has 1 aromatic rings. The zero-order valence-electron chi connectivity index (χ0n) is 12.0. The molecule has 0 saturated heterocycles. The van der Waals surface area contributed by atoms with Crippen molar-refractivity contribution in [2.75, 3.05) is 13.0 Å². The van der Waals surface area contributed by atoms with Crippen LogP contribution in [0.4, 0.5) is 0 Å². The van der Waals surface area contributed by atoms with Crippen LogP contribution in [-0.2, 0) is 27.9 Å². The molecule has 0 radical (unpaired) electrons. The summed E-state index contributed by atoms with van der Waals surface area (Å²) < 4.78 is 51.4. The lowest BCUT2D eigenvalue weighted by Gasteiger charge is -2.19. The maximum Gasteiger partial charge on any atom is 0.357 e. The van der Waals surface area contributed by atoms with Gasteiger partial charge in [-0.3, -0.25) is 8.75 Å². The molecule has 0 amide bonds. The SMILES string of the molecule is CCOP(=O)(COS(=O)(=O)c1ccccc1Cl)OC(C)C. The molecular formula is C12H18ClO6PS. The molecule has 0 N–H and O–H groups in total. The third kappa shape index (κ3) is 5.70. The van der Waals surface area contributed by atoms with Crippen LogP contribution in [0.5, 0.6) is 0 Å². The summed E-state index contributed by atoms with van der Waals surface area (Å²) in [5.74, 6) is 0. The summed E-state index contributed by atoms with van der Waals surface area (Å²) in [6.45, 7) is 5.06. The van der Waals surface area contributed by atoms with Crippen molar-refractivity contribution in [3.8, 4) is 0 Å². The van der Waals surface area contributed by atoms with Crippen molar-refractivity contribution in [2.45, 2.75) is 31.8 Å². The van der Waals surface area contributed by atoms with Gasteiger partial charge in [-0.15, -0.1) is 0 Å². The van der Waals surface area contributed by atoms with Crippen LogP contribution in [0.15, 0.2) is 29.2 Å². The summed E-state index contributed by atoms with van der Waals surface area (Å²) in [5, 5.41) is 0.0218. The van der Waals surface area contributed by atoms with Gasteiger partial charge in [-0.05, 0) is 32.9 Å². The van der Waals surface area contributed by atoms with E-state index in [0.717, 1.165) is 0 Å². The molecule has 0 aromatic heterocycles. The number of rotatable bonds is 8. The van der Waals surface area contributed by atoms with E-state index in [0.29, 0.717) is 0 Å². The largest absolute Gasteiger partial charge is 0.357 e. The molecule has 9 heteroatoms. The van der Waals surface area contributed by atoms with Gasteiger partial charge in [0.05, 0.1) is 17.7 Å². The van der Waals surface area contributed by atoms with Gasteiger partial charge in [0.15, 0.2) is 6.35 Å². The van der Waals surface area contributed by atoms with E-state index in [-0.39, 0.29) is 16.5 Å². The summed E-state index contributed by atoms with van der Waals surface area (Å²) in [6, 6.07) is 5.82. The highest BCUT2D eigenvalue weighted by atomic mass is 35.5. The smallest absolute Gasteiger partial charge is 0.307 e. The van der Waals surface area contributed by atoms with Crippen molar-refractivity contribution in [1.82, 2.24) is 0 Å². The van der Waals surface area contributed by atoms with Gasteiger partial charge < -0.3 is 9.05 Å². The molecule has 0 aliphatic heterocycles. The minimum atomic E-state index is -4.14. The fourth-order valence-electron chi connectivity index (χ4n) is 1.46. The van der Waals surface area contributed by atoms with Crippen molar-refractivity contribution in [1.29, 1.82) is 0 Å². The van der Waals surface area contributed by atoms with E-state index in [1.807, 2.05) is 0 Å². The average Bonchev–Trinajstić information content (AvgIpc) is 2.36. The van der Waals surface area contributed by atoms with Gasteiger partial charge in [0.2, 0.25) is 0 Å². The molecule has 120 valence electrons. The fraction of sp³-hybridized carbons (Fsp3) is 0.500. The molecule has 0 fully saturated rings. The Morgan fingerprint density at radius 3 is 2.43 bits per heavy atom. The molecular weight excluding hydrogens is 339 g/mol. The van der Waals surface area contributed by atoms with Gasteiger partial charge in [-0.1, -0.05) is 23.7 Å². The number of halogens is 1. The number of benzene rings is 1. The Balaban J connectivity index is 2.89. The molecule has 21 heavy (non-hydrogen) atoms. The first-order chi connectivity index (χ1) is 9.70. The lowest BCUT2D eigenvalue weighted by molar-refractivity contribution is 0.158. The van der Waals surface area contributed by atoms with Crippen LogP contribution in [0.25, 0.3) is 0 Å². The third-order valence-electron chi connectivity index (χ3n) is 2.17. The van der Waals surface area contributed by atoms with Gasteiger partial charge in [0, 0.05) is 0 Å². The normalized spacial score (nSPS) is 15.1. The van der Waals surface area contributed by atoms with Crippen LogP contribution in [0, 0.1) is 0 Å². The first-order valence-electron chi connectivity index (χ1n) is 6.26. The van der Waals surface area contributed by atoms with E-state index < -0.39 is 30.2 Å². The Kier molecular flexibility index (Phi) is 6.84. The van der Waals surface area contributed by atoms with Crippen LogP contribution in [0.2, 0.25) is 5.02 Å². The molecule has 1 aromatic carbocycles. The number of hydrogen-bond donors (Lipinski definition) is 0. The lowest BCUT2D eigenvalue weighted by Crippen LogP contribution is -2.13. The Hall–Kier alpha value is -0.430. The minimum Gasteiger partial charge on any atom is -0.307 e. The fourth-order valence-corrected chi connectivity index (χ4v) is 4.86. The molecule has 0 aliphatic rings.